The molecule has 1 rings (SSSR count). The van der Waals surface area contributed by atoms with E-state index in [4.69, 9.17) is 5.11 Å². The summed E-state index contributed by atoms with van der Waals surface area (Å²) in [5, 5.41) is 20.6. The van der Waals surface area contributed by atoms with Crippen molar-refractivity contribution in [2.45, 2.75) is 38.2 Å². The lowest BCUT2D eigenvalue weighted by molar-refractivity contribution is -0.137. The summed E-state index contributed by atoms with van der Waals surface area (Å²) in [6, 6.07) is -0.168. The van der Waals surface area contributed by atoms with Crippen LogP contribution in [0.5, 0.6) is 0 Å². The summed E-state index contributed by atoms with van der Waals surface area (Å²) in [4.78, 5) is 23.5. The van der Waals surface area contributed by atoms with Gasteiger partial charge in [-0.25, -0.2) is 4.79 Å². The number of aliphatic hydroxyl groups excluding tert-OH is 1. The van der Waals surface area contributed by atoms with Gasteiger partial charge >= 0.3 is 12.0 Å². The quantitative estimate of drug-likeness (QED) is 0.611. The lowest BCUT2D eigenvalue weighted by atomic mass is 10.1. The van der Waals surface area contributed by atoms with Gasteiger partial charge in [0, 0.05) is 26.1 Å². The maximum Gasteiger partial charge on any atom is 0.317 e. The Morgan fingerprint density at radius 1 is 1.35 bits per heavy atom. The molecule has 0 bridgehead atoms. The van der Waals surface area contributed by atoms with Gasteiger partial charge in [0.25, 0.3) is 0 Å². The van der Waals surface area contributed by atoms with Gasteiger partial charge in [0.2, 0.25) is 0 Å². The molecular formula is C11H20N2O4. The summed E-state index contributed by atoms with van der Waals surface area (Å²) in [7, 11) is 0. The van der Waals surface area contributed by atoms with Crippen LogP contribution in [0.2, 0.25) is 0 Å². The topological polar surface area (TPSA) is 89.9 Å². The molecule has 1 atom stereocenters. The molecule has 0 aromatic carbocycles. The van der Waals surface area contributed by atoms with E-state index < -0.39 is 12.1 Å². The number of hydrogen-bond acceptors (Lipinski definition) is 3. The van der Waals surface area contributed by atoms with E-state index >= 15 is 0 Å². The van der Waals surface area contributed by atoms with Crippen LogP contribution in [0.15, 0.2) is 0 Å². The maximum atomic E-state index is 11.6. The predicted molar refractivity (Wildman–Crippen MR) is 61.7 cm³/mol. The number of rotatable bonds is 5. The van der Waals surface area contributed by atoms with Crippen molar-refractivity contribution in [3.05, 3.63) is 0 Å². The zero-order chi connectivity index (χ0) is 12.7. The number of nitrogens with one attached hydrogen (secondary N) is 1. The predicted octanol–water partition coefficient (Wildman–Crippen LogP) is 0.408. The molecule has 0 saturated carbocycles. The normalized spacial score (nSPS) is 20.1. The first-order valence-electron chi connectivity index (χ1n) is 6.02. The Bertz CT molecular complexity index is 270. The largest absolute Gasteiger partial charge is 0.481 e. The van der Waals surface area contributed by atoms with Gasteiger partial charge in [0.05, 0.1) is 6.10 Å². The number of piperidine rings is 1. The van der Waals surface area contributed by atoms with E-state index in [2.05, 4.69) is 5.32 Å². The first-order valence-corrected chi connectivity index (χ1v) is 6.02. The molecule has 17 heavy (non-hydrogen) atoms. The number of carbonyl (C=O) groups excluding carboxylic acids is 1. The van der Waals surface area contributed by atoms with Crippen molar-refractivity contribution in [1.82, 2.24) is 10.2 Å². The molecule has 98 valence electrons. The second-order valence-corrected chi connectivity index (χ2v) is 4.32. The number of unbranched alkanes of at least 4 members (excludes halogenated alkanes) is 1. The lowest BCUT2D eigenvalue weighted by Gasteiger charge is -2.30. The van der Waals surface area contributed by atoms with Gasteiger partial charge in [0.15, 0.2) is 0 Å². The number of likely N-dealkylation sites (tertiary alicyclic amines) is 1. The summed E-state index contributed by atoms with van der Waals surface area (Å²) in [6.45, 7) is 1.55. The molecule has 3 N–H and O–H groups in total. The molecule has 6 heteroatoms. The van der Waals surface area contributed by atoms with E-state index in [1.807, 2.05) is 0 Å². The fourth-order valence-corrected chi connectivity index (χ4v) is 1.85. The Kier molecular flexibility index (Phi) is 5.76. The van der Waals surface area contributed by atoms with Crippen LogP contribution in [0.4, 0.5) is 4.79 Å². The van der Waals surface area contributed by atoms with E-state index in [0.29, 0.717) is 32.5 Å². The number of β-amino-alcohol motifs (C(OH)–C–C–N with tert-alkyl or cyclic N) is 1. The smallest absolute Gasteiger partial charge is 0.317 e. The molecule has 6 nitrogen and oxygen atoms in total. The number of carbonyl (C=O) groups is 2. The molecular weight excluding hydrogens is 224 g/mol. The van der Waals surface area contributed by atoms with Gasteiger partial charge in [-0.05, 0) is 25.7 Å². The van der Waals surface area contributed by atoms with Crippen molar-refractivity contribution in [2.24, 2.45) is 0 Å². The Morgan fingerprint density at radius 3 is 2.76 bits per heavy atom. The summed E-state index contributed by atoms with van der Waals surface area (Å²) in [5.74, 6) is -0.810. The van der Waals surface area contributed by atoms with Crippen molar-refractivity contribution in [2.75, 3.05) is 19.6 Å². The zero-order valence-electron chi connectivity index (χ0n) is 9.89. The third-order valence-corrected chi connectivity index (χ3v) is 2.78. The molecule has 1 fully saturated rings. The summed E-state index contributed by atoms with van der Waals surface area (Å²) in [5.41, 5.74) is 0. The van der Waals surface area contributed by atoms with Crippen LogP contribution >= 0.6 is 0 Å². The minimum Gasteiger partial charge on any atom is -0.481 e. The average Bonchev–Trinajstić information content (AvgIpc) is 2.28. The van der Waals surface area contributed by atoms with Gasteiger partial charge in [-0.2, -0.15) is 0 Å². The van der Waals surface area contributed by atoms with E-state index in [0.717, 1.165) is 12.8 Å². The van der Waals surface area contributed by atoms with Gasteiger partial charge < -0.3 is 20.4 Å². The first-order chi connectivity index (χ1) is 8.09. The summed E-state index contributed by atoms with van der Waals surface area (Å²) in [6.07, 6.45) is 2.53. The van der Waals surface area contributed by atoms with E-state index in [1.54, 1.807) is 4.90 Å². The highest BCUT2D eigenvalue weighted by molar-refractivity contribution is 5.74. The second-order valence-electron chi connectivity index (χ2n) is 4.32. The van der Waals surface area contributed by atoms with Crippen LogP contribution in [0.1, 0.15) is 32.1 Å². The van der Waals surface area contributed by atoms with Crippen LogP contribution in [0.25, 0.3) is 0 Å². The zero-order valence-corrected chi connectivity index (χ0v) is 9.89. The molecule has 1 aliphatic heterocycles. The van der Waals surface area contributed by atoms with Crippen molar-refractivity contribution in [3.8, 4) is 0 Å². The number of aliphatic hydroxyl groups is 1. The van der Waals surface area contributed by atoms with Crippen molar-refractivity contribution in [3.63, 3.8) is 0 Å². The van der Waals surface area contributed by atoms with Crippen molar-refractivity contribution >= 4 is 12.0 Å². The molecule has 1 unspecified atom stereocenters. The van der Waals surface area contributed by atoms with Crippen LogP contribution in [0.3, 0.4) is 0 Å². The van der Waals surface area contributed by atoms with E-state index in [-0.39, 0.29) is 12.5 Å². The Labute approximate surface area is 101 Å². The molecule has 0 aliphatic carbocycles. The Balaban J connectivity index is 2.10. The van der Waals surface area contributed by atoms with Crippen molar-refractivity contribution in [1.29, 1.82) is 0 Å². The molecule has 1 saturated heterocycles. The molecule has 1 heterocycles. The second kappa shape index (κ2) is 7.11. The van der Waals surface area contributed by atoms with E-state index in [9.17, 15) is 14.7 Å². The van der Waals surface area contributed by atoms with Gasteiger partial charge in [0.1, 0.15) is 0 Å². The maximum absolute atomic E-state index is 11.6. The monoisotopic (exact) mass is 244 g/mol. The number of urea groups is 1. The summed E-state index contributed by atoms with van der Waals surface area (Å²) < 4.78 is 0. The van der Waals surface area contributed by atoms with Crippen LogP contribution in [-0.2, 0) is 4.79 Å². The van der Waals surface area contributed by atoms with E-state index in [1.165, 1.54) is 0 Å². The molecule has 0 radical (unpaired) electrons. The standard InChI is InChI=1S/C11H20N2O4/c14-9-4-3-7-13(8-9)11(17)12-6-2-1-5-10(15)16/h9,14H,1-8H2,(H,12,17)(H,15,16). The third-order valence-electron chi connectivity index (χ3n) is 2.78. The van der Waals surface area contributed by atoms with Gasteiger partial charge in [-0.3, -0.25) is 4.79 Å². The van der Waals surface area contributed by atoms with Crippen molar-refractivity contribution < 1.29 is 19.8 Å². The van der Waals surface area contributed by atoms with Gasteiger partial charge in [-0.15, -0.1) is 0 Å². The highest BCUT2D eigenvalue weighted by atomic mass is 16.4. The highest BCUT2D eigenvalue weighted by Crippen LogP contribution is 2.09. The Morgan fingerprint density at radius 2 is 2.12 bits per heavy atom. The number of amides is 2. The first kappa shape index (κ1) is 13.8. The van der Waals surface area contributed by atoms with Gasteiger partial charge in [-0.1, -0.05) is 0 Å². The lowest BCUT2D eigenvalue weighted by Crippen LogP contribution is -2.47. The molecule has 0 aromatic rings. The fraction of sp³-hybridized carbons (Fsp3) is 0.818. The van der Waals surface area contributed by atoms with Crippen LogP contribution < -0.4 is 5.32 Å². The van der Waals surface area contributed by atoms with Crippen LogP contribution in [-0.4, -0.2) is 52.9 Å². The fourth-order valence-electron chi connectivity index (χ4n) is 1.85. The minimum atomic E-state index is -0.810. The minimum absolute atomic E-state index is 0.137. The third kappa shape index (κ3) is 5.53. The molecule has 1 aliphatic rings. The number of hydrogen-bond donors (Lipinski definition) is 3. The number of carboxylic acid groups (broad SMARTS) is 1. The number of carboxylic acids is 1. The highest BCUT2D eigenvalue weighted by Gasteiger charge is 2.21. The summed E-state index contributed by atoms with van der Waals surface area (Å²) >= 11 is 0. The Hall–Kier alpha value is -1.30. The molecule has 0 aromatic heterocycles. The number of nitrogens with zero attached hydrogens (tertiary/aromatic N) is 1. The molecule has 2 amide bonds. The average molecular weight is 244 g/mol. The molecule has 0 spiro atoms. The van der Waals surface area contributed by atoms with Crippen LogP contribution in [0, 0.1) is 0 Å². The SMILES string of the molecule is O=C(O)CCCCNC(=O)N1CCCC(O)C1. The number of aliphatic carboxylic acids is 1.